The van der Waals surface area contributed by atoms with Gasteiger partial charge in [0, 0.05) is 5.70 Å². The van der Waals surface area contributed by atoms with E-state index in [2.05, 4.69) is 137 Å². The van der Waals surface area contributed by atoms with E-state index in [1.807, 2.05) is 6.08 Å². The van der Waals surface area contributed by atoms with Gasteiger partial charge in [-0.1, -0.05) is 123 Å². The van der Waals surface area contributed by atoms with Gasteiger partial charge in [0.05, 0.1) is 6.04 Å². The Kier molecular flexibility index (Phi) is 9.29. The van der Waals surface area contributed by atoms with Gasteiger partial charge >= 0.3 is 0 Å². The second-order valence-corrected chi connectivity index (χ2v) is 8.65. The summed E-state index contributed by atoms with van der Waals surface area (Å²) in [6.07, 6.45) is 19.7. The number of allylic oxidation sites excluding steroid dienone is 9. The second-order valence-electron chi connectivity index (χ2n) is 8.65. The summed E-state index contributed by atoms with van der Waals surface area (Å²) in [7, 11) is 0. The first-order chi connectivity index (χ1) is 16.6. The van der Waals surface area contributed by atoms with Gasteiger partial charge in [-0.15, -0.1) is 0 Å². The van der Waals surface area contributed by atoms with Crippen molar-refractivity contribution >= 4 is 16.8 Å². The van der Waals surface area contributed by atoms with Gasteiger partial charge < -0.3 is 5.32 Å². The molecule has 1 unspecified atom stereocenters. The van der Waals surface area contributed by atoms with Crippen LogP contribution in [0.3, 0.4) is 0 Å². The Morgan fingerprint density at radius 2 is 1.65 bits per heavy atom. The van der Waals surface area contributed by atoms with E-state index in [4.69, 9.17) is 0 Å². The van der Waals surface area contributed by atoms with Gasteiger partial charge in [0.15, 0.2) is 0 Å². The van der Waals surface area contributed by atoms with Crippen LogP contribution in [0.25, 0.3) is 16.8 Å². The Hall–Kier alpha value is -3.58. The van der Waals surface area contributed by atoms with Crippen LogP contribution in [0.15, 0.2) is 121 Å². The topological polar surface area (TPSA) is 12.0 Å². The molecule has 4 rings (SSSR count). The minimum Gasteiger partial charge on any atom is -0.374 e. The molecule has 1 nitrogen and oxygen atoms in total. The predicted molar refractivity (Wildman–Crippen MR) is 151 cm³/mol. The summed E-state index contributed by atoms with van der Waals surface area (Å²) in [5, 5.41) is 3.67. The van der Waals surface area contributed by atoms with Crippen LogP contribution >= 0.6 is 0 Å². The van der Waals surface area contributed by atoms with Crippen molar-refractivity contribution in [2.24, 2.45) is 0 Å². The smallest absolute Gasteiger partial charge is 0.0703 e. The molecule has 0 bridgehead atoms. The molecule has 1 aliphatic carbocycles. The van der Waals surface area contributed by atoms with E-state index in [-0.39, 0.29) is 6.04 Å². The molecule has 0 spiro atoms. The molecule has 2 aromatic rings. The summed E-state index contributed by atoms with van der Waals surface area (Å²) >= 11 is 0. The van der Waals surface area contributed by atoms with Crippen molar-refractivity contribution in [3.8, 4) is 0 Å². The highest BCUT2D eigenvalue weighted by Gasteiger charge is 2.18. The Bertz CT molecular complexity index is 1150. The molecule has 0 fully saturated rings. The molecule has 1 aliphatic heterocycles. The van der Waals surface area contributed by atoms with Crippen molar-refractivity contribution in [1.82, 2.24) is 5.32 Å². The molecule has 0 saturated carbocycles. The molecular weight excluding hydrogens is 410 g/mol. The quantitative estimate of drug-likeness (QED) is 0.451. The molecule has 0 amide bonds. The maximum atomic E-state index is 4.01. The summed E-state index contributed by atoms with van der Waals surface area (Å²) in [5.74, 6) is 0. The summed E-state index contributed by atoms with van der Waals surface area (Å²) in [5.41, 5.74) is 9.85. The first-order valence-electron chi connectivity index (χ1n) is 12.3. The number of benzene rings is 2. The molecule has 2 aromatic carbocycles. The van der Waals surface area contributed by atoms with Crippen LogP contribution in [0, 0.1) is 0 Å². The molecule has 2 aliphatic rings. The minimum absolute atomic E-state index is 0.0974. The number of hydrogen-bond acceptors (Lipinski definition) is 1. The van der Waals surface area contributed by atoms with Crippen LogP contribution < -0.4 is 5.32 Å². The van der Waals surface area contributed by atoms with Gasteiger partial charge in [-0.05, 0) is 65.8 Å². The molecular formula is C33H37N. The normalized spacial score (nSPS) is 17.6. The van der Waals surface area contributed by atoms with Crippen molar-refractivity contribution in [3.63, 3.8) is 0 Å². The highest BCUT2D eigenvalue weighted by Crippen LogP contribution is 2.30. The maximum Gasteiger partial charge on any atom is 0.0703 e. The number of nitrogens with one attached hydrogen (secondary N) is 1. The fraction of sp³-hybridized carbons (Fsp3) is 0.212. The van der Waals surface area contributed by atoms with Crippen molar-refractivity contribution < 1.29 is 0 Å². The zero-order chi connectivity index (χ0) is 24.3. The lowest BCUT2D eigenvalue weighted by Crippen LogP contribution is -2.30. The van der Waals surface area contributed by atoms with Crippen LogP contribution in [0.5, 0.6) is 0 Å². The largest absolute Gasteiger partial charge is 0.374 e. The molecule has 34 heavy (non-hydrogen) atoms. The zero-order valence-corrected chi connectivity index (χ0v) is 21.0. The van der Waals surface area contributed by atoms with Gasteiger partial charge in [-0.3, -0.25) is 0 Å². The molecule has 0 radical (unpaired) electrons. The van der Waals surface area contributed by atoms with E-state index in [0.29, 0.717) is 0 Å². The molecule has 1 heteroatoms. The van der Waals surface area contributed by atoms with Crippen molar-refractivity contribution in [2.45, 2.75) is 46.6 Å². The summed E-state index contributed by atoms with van der Waals surface area (Å²) in [4.78, 5) is 0. The lowest BCUT2D eigenvalue weighted by molar-refractivity contribution is 0.821. The van der Waals surface area contributed by atoms with Crippen LogP contribution in [-0.2, 0) is 0 Å². The minimum atomic E-state index is 0.0974. The zero-order valence-electron chi connectivity index (χ0n) is 21.0. The fourth-order valence-corrected chi connectivity index (χ4v) is 4.02. The van der Waals surface area contributed by atoms with E-state index < -0.39 is 0 Å². The van der Waals surface area contributed by atoms with Gasteiger partial charge in [-0.2, -0.15) is 0 Å². The van der Waals surface area contributed by atoms with Gasteiger partial charge in [0.2, 0.25) is 0 Å². The SMILES string of the molecule is C=C/C(=C\C)C1C=C(c2ccc(C3=CC=C(C)C=CC3)cc2)C=C(c2ccccc2)N1.CCC. The molecule has 0 aromatic heterocycles. The lowest BCUT2D eigenvalue weighted by Gasteiger charge is -2.26. The van der Waals surface area contributed by atoms with E-state index in [1.54, 1.807) is 0 Å². The third-order valence-corrected chi connectivity index (χ3v) is 5.82. The molecule has 0 saturated heterocycles. The number of rotatable bonds is 5. The van der Waals surface area contributed by atoms with E-state index in [1.165, 1.54) is 45.4 Å². The van der Waals surface area contributed by atoms with Crippen LogP contribution in [0.4, 0.5) is 0 Å². The average molecular weight is 448 g/mol. The van der Waals surface area contributed by atoms with E-state index >= 15 is 0 Å². The Balaban J connectivity index is 0.00000103. The van der Waals surface area contributed by atoms with Crippen LogP contribution in [-0.4, -0.2) is 6.04 Å². The van der Waals surface area contributed by atoms with Crippen LogP contribution in [0.1, 0.15) is 57.2 Å². The molecule has 1 atom stereocenters. The van der Waals surface area contributed by atoms with Gasteiger partial charge in [0.25, 0.3) is 0 Å². The van der Waals surface area contributed by atoms with Crippen molar-refractivity contribution in [3.05, 3.63) is 138 Å². The first kappa shape index (κ1) is 25.1. The first-order valence-corrected chi connectivity index (χ1v) is 12.3. The summed E-state index contributed by atoms with van der Waals surface area (Å²) in [6.45, 7) is 12.5. The van der Waals surface area contributed by atoms with E-state index in [9.17, 15) is 0 Å². The highest BCUT2D eigenvalue weighted by atomic mass is 14.9. The molecule has 1 N–H and O–H groups in total. The van der Waals surface area contributed by atoms with Crippen molar-refractivity contribution in [1.29, 1.82) is 0 Å². The number of hydrogen-bond donors (Lipinski definition) is 1. The molecule has 1 heterocycles. The van der Waals surface area contributed by atoms with Crippen molar-refractivity contribution in [2.75, 3.05) is 0 Å². The average Bonchev–Trinajstić information content (AvgIpc) is 3.10. The third kappa shape index (κ3) is 6.48. The lowest BCUT2D eigenvalue weighted by atomic mass is 9.92. The Labute approximate surface area is 206 Å². The van der Waals surface area contributed by atoms with E-state index in [0.717, 1.165) is 12.1 Å². The fourth-order valence-electron chi connectivity index (χ4n) is 4.02. The molecule has 174 valence electrons. The van der Waals surface area contributed by atoms with Crippen LogP contribution in [0.2, 0.25) is 0 Å². The Morgan fingerprint density at radius 1 is 0.971 bits per heavy atom. The van der Waals surface area contributed by atoms with Gasteiger partial charge in [0.1, 0.15) is 0 Å². The Morgan fingerprint density at radius 3 is 2.29 bits per heavy atom. The maximum absolute atomic E-state index is 4.01. The number of dihydropyridines is 1. The summed E-state index contributed by atoms with van der Waals surface area (Å²) in [6, 6.07) is 19.5. The second kappa shape index (κ2) is 12.6. The summed E-state index contributed by atoms with van der Waals surface area (Å²) < 4.78 is 0. The standard InChI is InChI=1S/C30H29N.C3H8/c1-4-23(5-2)29-20-28(21-30(31-29)27-11-7-6-8-12-27)26-18-16-25(17-19-26)24-13-9-10-22(3)14-15-24;1-3-2/h4-12,14-21,29,31H,1,13H2,2-3H3;3H2,1-2H3/b23-5+;. The monoisotopic (exact) mass is 447 g/mol. The highest BCUT2D eigenvalue weighted by molar-refractivity contribution is 5.87. The third-order valence-electron chi connectivity index (χ3n) is 5.82. The predicted octanol–water partition coefficient (Wildman–Crippen LogP) is 8.92. The van der Waals surface area contributed by atoms with Gasteiger partial charge in [-0.25, -0.2) is 0 Å².